The molecule has 2 aromatic rings. The highest BCUT2D eigenvalue weighted by Crippen LogP contribution is 2.12. The average molecular weight is 340 g/mol. The summed E-state index contributed by atoms with van der Waals surface area (Å²) in [6.45, 7) is 3.54. The van der Waals surface area contributed by atoms with Crippen molar-refractivity contribution in [2.75, 3.05) is 0 Å². The van der Waals surface area contributed by atoms with E-state index in [1.165, 1.54) is 12.1 Å². The maximum Gasteiger partial charge on any atom is 0.338 e. The molecule has 0 saturated carbocycles. The molecular weight excluding hydrogens is 323 g/mol. The zero-order valence-corrected chi connectivity index (χ0v) is 13.9. The van der Waals surface area contributed by atoms with E-state index in [2.05, 4.69) is 11.8 Å². The van der Waals surface area contributed by atoms with Gasteiger partial charge < -0.3 is 9.84 Å². The monoisotopic (exact) mass is 340 g/mol. The van der Waals surface area contributed by atoms with Crippen LogP contribution in [0.3, 0.4) is 0 Å². The minimum absolute atomic E-state index is 0.108. The van der Waals surface area contributed by atoms with Gasteiger partial charge in [-0.05, 0) is 49.7 Å². The molecule has 0 spiro atoms. The Morgan fingerprint density at radius 1 is 1.12 bits per heavy atom. The summed E-state index contributed by atoms with van der Waals surface area (Å²) in [4.78, 5) is 22.5. The van der Waals surface area contributed by atoms with Gasteiger partial charge in [-0.25, -0.2) is 9.18 Å². The minimum atomic E-state index is -1.09. The van der Waals surface area contributed by atoms with Crippen molar-refractivity contribution in [3.05, 3.63) is 70.5 Å². The molecule has 0 aliphatic carbocycles. The number of aliphatic carboxylic acids is 1. The van der Waals surface area contributed by atoms with Crippen molar-refractivity contribution in [1.82, 2.24) is 0 Å². The number of hydrogen-bond donors (Lipinski definition) is 1. The van der Waals surface area contributed by atoms with Crippen LogP contribution in [0, 0.1) is 17.7 Å². The van der Waals surface area contributed by atoms with Crippen LogP contribution in [0.25, 0.3) is 0 Å². The highest BCUT2D eigenvalue weighted by atomic mass is 19.1. The summed E-state index contributed by atoms with van der Waals surface area (Å²) < 4.78 is 19.0. The zero-order chi connectivity index (χ0) is 18.4. The molecule has 1 N–H and O–H groups in total. The van der Waals surface area contributed by atoms with Crippen molar-refractivity contribution in [3.63, 3.8) is 0 Å². The van der Waals surface area contributed by atoms with Crippen molar-refractivity contribution in [3.8, 4) is 11.8 Å². The molecule has 0 bridgehead atoms. The lowest BCUT2D eigenvalue weighted by molar-refractivity contribution is -0.136. The maximum atomic E-state index is 13.8. The first-order valence-electron chi connectivity index (χ1n) is 7.68. The first-order valence-corrected chi connectivity index (χ1v) is 7.68. The Labute approximate surface area is 145 Å². The molecule has 0 atom stereocenters. The van der Waals surface area contributed by atoms with Crippen molar-refractivity contribution in [2.45, 2.75) is 26.4 Å². The van der Waals surface area contributed by atoms with E-state index >= 15 is 0 Å². The van der Waals surface area contributed by atoms with Crippen LogP contribution < -0.4 is 0 Å². The Hall–Kier alpha value is -3.13. The first-order chi connectivity index (χ1) is 11.8. The molecule has 0 fully saturated rings. The van der Waals surface area contributed by atoms with Gasteiger partial charge in [0.2, 0.25) is 0 Å². The van der Waals surface area contributed by atoms with Gasteiger partial charge in [0, 0.05) is 11.1 Å². The summed E-state index contributed by atoms with van der Waals surface area (Å²) in [6.07, 6.45) is -0.589. The summed E-state index contributed by atoms with van der Waals surface area (Å²) in [7, 11) is 0. The number of benzene rings is 2. The number of carbonyl (C=O) groups excluding carboxylic acids is 1. The molecular formula is C20H17FO4. The van der Waals surface area contributed by atoms with E-state index < -0.39 is 17.8 Å². The van der Waals surface area contributed by atoms with Gasteiger partial charge in [0.15, 0.2) is 0 Å². The molecule has 2 rings (SSSR count). The van der Waals surface area contributed by atoms with E-state index in [4.69, 9.17) is 9.84 Å². The summed E-state index contributed by atoms with van der Waals surface area (Å²) in [5, 5.41) is 8.71. The van der Waals surface area contributed by atoms with Crippen LogP contribution in [0.5, 0.6) is 0 Å². The molecule has 0 amide bonds. The predicted octanol–water partition coefficient (Wildman–Crippen LogP) is 3.42. The van der Waals surface area contributed by atoms with Crippen LogP contribution in [-0.4, -0.2) is 23.1 Å². The lowest BCUT2D eigenvalue weighted by Gasteiger charge is -2.07. The summed E-state index contributed by atoms with van der Waals surface area (Å²) in [6, 6.07) is 10.8. The number of carbonyl (C=O) groups is 2. The van der Waals surface area contributed by atoms with Crippen molar-refractivity contribution in [2.24, 2.45) is 0 Å². The van der Waals surface area contributed by atoms with Crippen molar-refractivity contribution < 1.29 is 23.8 Å². The molecule has 2 aromatic carbocycles. The van der Waals surface area contributed by atoms with Crippen molar-refractivity contribution in [1.29, 1.82) is 0 Å². The molecule has 0 heterocycles. The Balaban J connectivity index is 2.20. The third kappa shape index (κ3) is 5.47. The first kappa shape index (κ1) is 18.2. The van der Waals surface area contributed by atoms with E-state index in [1.54, 1.807) is 44.2 Å². The number of halogens is 1. The number of carboxylic acids is 1. The highest BCUT2D eigenvalue weighted by Gasteiger charge is 2.09. The van der Waals surface area contributed by atoms with Gasteiger partial charge >= 0.3 is 11.9 Å². The standard InChI is InChI=1S/C20H17FO4/c1-13(2)25-20(24)17-5-3-4-14(10-17)6-7-15-8-9-16(12-19(22)23)18(21)11-15/h3-5,8-11,13H,12H2,1-2H3,(H,22,23). The highest BCUT2D eigenvalue weighted by molar-refractivity contribution is 5.89. The van der Waals surface area contributed by atoms with Crippen LogP contribution in [0.15, 0.2) is 42.5 Å². The van der Waals surface area contributed by atoms with E-state index in [0.29, 0.717) is 16.7 Å². The normalized spacial score (nSPS) is 10.1. The topological polar surface area (TPSA) is 63.6 Å². The van der Waals surface area contributed by atoms with Gasteiger partial charge in [-0.15, -0.1) is 0 Å². The number of esters is 1. The van der Waals surface area contributed by atoms with E-state index in [1.807, 2.05) is 0 Å². The summed E-state index contributed by atoms with van der Waals surface area (Å²) in [5.41, 5.74) is 1.51. The van der Waals surface area contributed by atoms with Crippen molar-refractivity contribution >= 4 is 11.9 Å². The lowest BCUT2D eigenvalue weighted by atomic mass is 10.1. The Morgan fingerprint density at radius 2 is 1.80 bits per heavy atom. The second-order valence-corrected chi connectivity index (χ2v) is 5.66. The molecule has 0 saturated heterocycles. The van der Waals surface area contributed by atoms with Gasteiger partial charge in [-0.2, -0.15) is 0 Å². The Bertz CT molecular complexity index is 859. The van der Waals surface area contributed by atoms with Crippen LogP contribution >= 0.6 is 0 Å². The van der Waals surface area contributed by atoms with Gasteiger partial charge in [0.05, 0.1) is 18.1 Å². The minimum Gasteiger partial charge on any atom is -0.481 e. The molecule has 0 radical (unpaired) electrons. The third-order valence-corrected chi connectivity index (χ3v) is 3.19. The van der Waals surface area contributed by atoms with Crippen LogP contribution in [0.1, 0.15) is 40.9 Å². The molecule has 128 valence electrons. The van der Waals surface area contributed by atoms with Gasteiger partial charge in [-0.3, -0.25) is 4.79 Å². The number of rotatable bonds is 4. The van der Waals surface area contributed by atoms with Gasteiger partial charge in [0.1, 0.15) is 5.82 Å². The Kier molecular flexibility index (Phi) is 5.91. The molecule has 0 aromatic heterocycles. The summed E-state index contributed by atoms with van der Waals surface area (Å²) in [5.74, 6) is 3.53. The van der Waals surface area contributed by atoms with Crippen LogP contribution in [0.2, 0.25) is 0 Å². The smallest absolute Gasteiger partial charge is 0.338 e. The van der Waals surface area contributed by atoms with Gasteiger partial charge in [0.25, 0.3) is 0 Å². The zero-order valence-electron chi connectivity index (χ0n) is 13.9. The second-order valence-electron chi connectivity index (χ2n) is 5.66. The van der Waals surface area contributed by atoms with Crippen LogP contribution in [-0.2, 0) is 16.0 Å². The largest absolute Gasteiger partial charge is 0.481 e. The van der Waals surface area contributed by atoms with E-state index in [0.717, 1.165) is 0 Å². The lowest BCUT2D eigenvalue weighted by Crippen LogP contribution is -2.11. The maximum absolute atomic E-state index is 13.8. The average Bonchev–Trinajstić information content (AvgIpc) is 2.54. The fourth-order valence-corrected chi connectivity index (χ4v) is 2.08. The van der Waals surface area contributed by atoms with Gasteiger partial charge in [-0.1, -0.05) is 24.0 Å². The second kappa shape index (κ2) is 8.11. The fraction of sp³-hybridized carbons (Fsp3) is 0.200. The van der Waals surface area contributed by atoms with E-state index in [-0.39, 0.29) is 18.1 Å². The summed E-state index contributed by atoms with van der Waals surface area (Å²) >= 11 is 0. The molecule has 0 aliphatic rings. The third-order valence-electron chi connectivity index (χ3n) is 3.19. The SMILES string of the molecule is CC(C)OC(=O)c1cccc(C#Cc2ccc(CC(=O)O)c(F)c2)c1. The molecule has 4 nitrogen and oxygen atoms in total. The quantitative estimate of drug-likeness (QED) is 0.684. The molecule has 0 unspecified atom stereocenters. The van der Waals surface area contributed by atoms with Crippen LogP contribution in [0.4, 0.5) is 4.39 Å². The fourth-order valence-electron chi connectivity index (χ4n) is 2.08. The number of carboxylic acid groups (broad SMARTS) is 1. The number of hydrogen-bond acceptors (Lipinski definition) is 3. The molecule has 25 heavy (non-hydrogen) atoms. The molecule has 0 aliphatic heterocycles. The number of ether oxygens (including phenoxy) is 1. The predicted molar refractivity (Wildman–Crippen MR) is 90.7 cm³/mol. The molecule has 5 heteroatoms. The Morgan fingerprint density at radius 3 is 2.40 bits per heavy atom. The van der Waals surface area contributed by atoms with E-state index in [9.17, 15) is 14.0 Å².